The topological polar surface area (TPSA) is 41.1 Å². The van der Waals surface area contributed by atoms with Crippen LogP contribution in [0.15, 0.2) is 18.2 Å². The van der Waals surface area contributed by atoms with Gasteiger partial charge in [-0.25, -0.2) is 0 Å². The standard InChI is InChI=1S/C13H16Cl2N2O.ClH/c14-11-2-1-9(5-12(11)15)6-13(18)17-8-10-3-4-16-7-10;/h1-2,5,10,16H,3-4,6-8H2,(H,17,18);1H. The molecule has 0 aromatic heterocycles. The van der Waals surface area contributed by atoms with Gasteiger partial charge in [0.25, 0.3) is 0 Å². The molecule has 1 heterocycles. The van der Waals surface area contributed by atoms with Gasteiger partial charge in [-0.1, -0.05) is 29.3 Å². The lowest BCUT2D eigenvalue weighted by Gasteiger charge is -2.10. The van der Waals surface area contributed by atoms with Crippen molar-refractivity contribution in [3.8, 4) is 0 Å². The van der Waals surface area contributed by atoms with Gasteiger partial charge in [-0.05, 0) is 43.1 Å². The molecule has 1 atom stereocenters. The molecule has 1 unspecified atom stereocenters. The van der Waals surface area contributed by atoms with E-state index in [1.165, 1.54) is 0 Å². The normalized spacial score (nSPS) is 17.9. The van der Waals surface area contributed by atoms with Crippen LogP contribution in [0.5, 0.6) is 0 Å². The molecule has 1 fully saturated rings. The Morgan fingerprint density at radius 1 is 1.37 bits per heavy atom. The van der Waals surface area contributed by atoms with Gasteiger partial charge in [0.15, 0.2) is 0 Å². The van der Waals surface area contributed by atoms with E-state index in [1.54, 1.807) is 12.1 Å². The third-order valence-corrected chi connectivity index (χ3v) is 3.84. The number of benzene rings is 1. The van der Waals surface area contributed by atoms with Gasteiger partial charge in [0.2, 0.25) is 5.91 Å². The van der Waals surface area contributed by atoms with Crippen molar-refractivity contribution in [1.29, 1.82) is 0 Å². The van der Waals surface area contributed by atoms with Crippen LogP contribution in [0.1, 0.15) is 12.0 Å². The van der Waals surface area contributed by atoms with Crippen molar-refractivity contribution in [2.75, 3.05) is 19.6 Å². The second kappa shape index (κ2) is 7.95. The first-order valence-electron chi connectivity index (χ1n) is 6.06. The molecule has 0 aliphatic carbocycles. The van der Waals surface area contributed by atoms with Crippen molar-refractivity contribution in [2.45, 2.75) is 12.8 Å². The SMILES string of the molecule is Cl.O=C(Cc1ccc(Cl)c(Cl)c1)NCC1CCNC1. The smallest absolute Gasteiger partial charge is 0.224 e. The van der Waals surface area contributed by atoms with Crippen LogP contribution in [0.4, 0.5) is 0 Å². The molecule has 0 saturated carbocycles. The minimum absolute atomic E-state index is 0. The monoisotopic (exact) mass is 322 g/mol. The molecule has 2 rings (SSSR count). The number of amides is 1. The molecule has 2 N–H and O–H groups in total. The first kappa shape index (κ1) is 16.6. The molecule has 1 aromatic rings. The van der Waals surface area contributed by atoms with E-state index in [0.29, 0.717) is 22.4 Å². The maximum atomic E-state index is 11.8. The van der Waals surface area contributed by atoms with Crippen LogP contribution in [-0.4, -0.2) is 25.5 Å². The maximum Gasteiger partial charge on any atom is 0.224 e. The van der Waals surface area contributed by atoms with Gasteiger partial charge in [0, 0.05) is 6.54 Å². The number of rotatable bonds is 4. The van der Waals surface area contributed by atoms with E-state index in [9.17, 15) is 4.79 Å². The average Bonchev–Trinajstić information content (AvgIpc) is 2.84. The first-order chi connectivity index (χ1) is 8.65. The quantitative estimate of drug-likeness (QED) is 0.894. The van der Waals surface area contributed by atoms with Crippen molar-refractivity contribution in [3.63, 3.8) is 0 Å². The summed E-state index contributed by atoms with van der Waals surface area (Å²) in [7, 11) is 0. The van der Waals surface area contributed by atoms with Crippen LogP contribution >= 0.6 is 35.6 Å². The van der Waals surface area contributed by atoms with Crippen molar-refractivity contribution >= 4 is 41.5 Å². The lowest BCUT2D eigenvalue weighted by molar-refractivity contribution is -0.120. The van der Waals surface area contributed by atoms with E-state index >= 15 is 0 Å². The summed E-state index contributed by atoms with van der Waals surface area (Å²) in [5.74, 6) is 0.586. The molecule has 1 aliphatic rings. The molecule has 1 aliphatic heterocycles. The van der Waals surface area contributed by atoms with E-state index in [2.05, 4.69) is 10.6 Å². The number of carbonyl (C=O) groups excluding carboxylic acids is 1. The summed E-state index contributed by atoms with van der Waals surface area (Å²) in [6, 6.07) is 5.28. The fraction of sp³-hybridized carbons (Fsp3) is 0.462. The van der Waals surface area contributed by atoms with Gasteiger partial charge in [-0.3, -0.25) is 4.79 Å². The van der Waals surface area contributed by atoms with Crippen molar-refractivity contribution in [2.24, 2.45) is 5.92 Å². The molecule has 0 radical (unpaired) electrons. The van der Waals surface area contributed by atoms with Gasteiger partial charge in [0.1, 0.15) is 0 Å². The Morgan fingerprint density at radius 2 is 2.16 bits per heavy atom. The molecular formula is C13H17Cl3N2O. The summed E-state index contributed by atoms with van der Waals surface area (Å²) in [4.78, 5) is 11.8. The van der Waals surface area contributed by atoms with Crippen molar-refractivity contribution < 1.29 is 4.79 Å². The molecule has 1 amide bonds. The molecule has 3 nitrogen and oxygen atoms in total. The Morgan fingerprint density at radius 3 is 2.79 bits per heavy atom. The Hall–Kier alpha value is -0.480. The largest absolute Gasteiger partial charge is 0.355 e. The van der Waals surface area contributed by atoms with E-state index in [1.807, 2.05) is 6.07 Å². The molecule has 1 saturated heterocycles. The summed E-state index contributed by atoms with van der Waals surface area (Å²) < 4.78 is 0. The Kier molecular flexibility index (Phi) is 6.94. The second-order valence-corrected chi connectivity index (χ2v) is 5.40. The van der Waals surface area contributed by atoms with E-state index in [0.717, 1.165) is 31.6 Å². The molecule has 19 heavy (non-hydrogen) atoms. The lowest BCUT2D eigenvalue weighted by Crippen LogP contribution is -2.31. The first-order valence-corrected chi connectivity index (χ1v) is 6.82. The zero-order valence-electron chi connectivity index (χ0n) is 10.4. The molecule has 1 aromatic carbocycles. The highest BCUT2D eigenvalue weighted by molar-refractivity contribution is 6.42. The predicted octanol–water partition coefficient (Wildman–Crippen LogP) is 2.68. The van der Waals surface area contributed by atoms with Crippen LogP contribution in [0.2, 0.25) is 10.0 Å². The minimum Gasteiger partial charge on any atom is -0.355 e. The Bertz CT molecular complexity index is 434. The Labute approximate surface area is 129 Å². The highest BCUT2D eigenvalue weighted by atomic mass is 35.5. The van der Waals surface area contributed by atoms with Gasteiger partial charge >= 0.3 is 0 Å². The molecular weight excluding hydrogens is 307 g/mol. The maximum absolute atomic E-state index is 11.8. The predicted molar refractivity (Wildman–Crippen MR) is 81.4 cm³/mol. The summed E-state index contributed by atoms with van der Waals surface area (Å²) in [5, 5.41) is 7.23. The van der Waals surface area contributed by atoms with Gasteiger partial charge in [-0.2, -0.15) is 0 Å². The zero-order valence-corrected chi connectivity index (χ0v) is 12.7. The average molecular weight is 324 g/mol. The van der Waals surface area contributed by atoms with Crippen LogP contribution in [0, 0.1) is 5.92 Å². The minimum atomic E-state index is 0. The van der Waals surface area contributed by atoms with Crippen LogP contribution < -0.4 is 10.6 Å². The van der Waals surface area contributed by atoms with Crippen LogP contribution in [0.3, 0.4) is 0 Å². The van der Waals surface area contributed by atoms with E-state index in [4.69, 9.17) is 23.2 Å². The van der Waals surface area contributed by atoms with Crippen LogP contribution in [0.25, 0.3) is 0 Å². The summed E-state index contributed by atoms with van der Waals surface area (Å²) in [5.41, 5.74) is 0.881. The third kappa shape index (κ3) is 5.19. The number of nitrogens with one attached hydrogen (secondary N) is 2. The van der Waals surface area contributed by atoms with Crippen LogP contribution in [-0.2, 0) is 11.2 Å². The summed E-state index contributed by atoms with van der Waals surface area (Å²) >= 11 is 11.7. The van der Waals surface area contributed by atoms with Gasteiger partial charge in [-0.15, -0.1) is 12.4 Å². The number of carbonyl (C=O) groups is 1. The lowest BCUT2D eigenvalue weighted by atomic mass is 10.1. The highest BCUT2D eigenvalue weighted by Gasteiger charge is 2.15. The van der Waals surface area contributed by atoms with E-state index < -0.39 is 0 Å². The molecule has 0 bridgehead atoms. The third-order valence-electron chi connectivity index (χ3n) is 3.10. The number of halogens is 3. The van der Waals surface area contributed by atoms with Crippen molar-refractivity contribution in [1.82, 2.24) is 10.6 Å². The summed E-state index contributed by atoms with van der Waals surface area (Å²) in [6.07, 6.45) is 1.48. The fourth-order valence-electron chi connectivity index (χ4n) is 2.04. The zero-order chi connectivity index (χ0) is 13.0. The molecule has 0 spiro atoms. The van der Waals surface area contributed by atoms with Gasteiger partial charge < -0.3 is 10.6 Å². The summed E-state index contributed by atoms with van der Waals surface area (Å²) in [6.45, 7) is 2.79. The van der Waals surface area contributed by atoms with Crippen molar-refractivity contribution in [3.05, 3.63) is 33.8 Å². The number of hydrogen-bond donors (Lipinski definition) is 2. The fourth-order valence-corrected chi connectivity index (χ4v) is 2.37. The van der Waals surface area contributed by atoms with E-state index in [-0.39, 0.29) is 18.3 Å². The molecule has 6 heteroatoms. The Balaban J connectivity index is 0.00000180. The number of hydrogen-bond acceptors (Lipinski definition) is 2. The second-order valence-electron chi connectivity index (χ2n) is 4.59. The van der Waals surface area contributed by atoms with Gasteiger partial charge in [0.05, 0.1) is 16.5 Å². The molecule has 106 valence electrons. The highest BCUT2D eigenvalue weighted by Crippen LogP contribution is 2.22.